The number of rotatable bonds is 4. The number of aryl methyl sites for hydroxylation is 2. The van der Waals surface area contributed by atoms with Gasteiger partial charge in [0.25, 0.3) is 0 Å². The Labute approximate surface area is 117 Å². The van der Waals surface area contributed by atoms with E-state index < -0.39 is 15.8 Å². The molecule has 1 heterocycles. The quantitative estimate of drug-likeness (QED) is 0.863. The lowest BCUT2D eigenvalue weighted by molar-refractivity contribution is 0.465. The Kier molecular flexibility index (Phi) is 3.92. The van der Waals surface area contributed by atoms with Crippen LogP contribution in [0.15, 0.2) is 35.5 Å². The van der Waals surface area contributed by atoms with Crippen molar-refractivity contribution < 1.29 is 12.8 Å². The molecule has 1 aromatic carbocycles. The fraction of sp³-hybridized carbons (Fsp3) is 0.308. The number of benzene rings is 1. The predicted molar refractivity (Wildman–Crippen MR) is 73.0 cm³/mol. The summed E-state index contributed by atoms with van der Waals surface area (Å²) in [6, 6.07) is 3.75. The minimum atomic E-state index is -3.72. The number of aromatic nitrogens is 2. The molecule has 0 unspecified atom stereocenters. The van der Waals surface area contributed by atoms with E-state index in [9.17, 15) is 12.8 Å². The van der Waals surface area contributed by atoms with Crippen molar-refractivity contribution in [1.29, 1.82) is 0 Å². The lowest BCUT2D eigenvalue weighted by Gasteiger charge is -2.17. The summed E-state index contributed by atoms with van der Waals surface area (Å²) in [6.45, 7) is 1.83. The van der Waals surface area contributed by atoms with Gasteiger partial charge in [-0.1, -0.05) is 6.07 Å². The molecule has 0 bridgehead atoms. The minimum Gasteiger partial charge on any atom is -0.275 e. The molecule has 7 heteroatoms. The van der Waals surface area contributed by atoms with Crippen molar-refractivity contribution in [2.75, 3.05) is 7.05 Å². The van der Waals surface area contributed by atoms with Crippen molar-refractivity contribution in [3.05, 3.63) is 47.5 Å². The van der Waals surface area contributed by atoms with Gasteiger partial charge in [0.1, 0.15) is 5.82 Å². The summed E-state index contributed by atoms with van der Waals surface area (Å²) < 4.78 is 41.0. The molecular formula is C13H16FN3O2S. The third-order valence-corrected chi connectivity index (χ3v) is 4.95. The average molecular weight is 297 g/mol. The van der Waals surface area contributed by atoms with E-state index in [0.29, 0.717) is 5.56 Å². The lowest BCUT2D eigenvalue weighted by Crippen LogP contribution is -2.27. The summed E-state index contributed by atoms with van der Waals surface area (Å²) in [5.41, 5.74) is 1.29. The van der Waals surface area contributed by atoms with Crippen LogP contribution in [-0.2, 0) is 23.6 Å². The first kappa shape index (κ1) is 14.7. The highest BCUT2D eigenvalue weighted by Gasteiger charge is 2.23. The average Bonchev–Trinajstić information content (AvgIpc) is 2.77. The molecule has 0 aliphatic heterocycles. The second-order valence-electron chi connectivity index (χ2n) is 4.69. The SMILES string of the molecule is Cc1ccc(F)cc1S(=O)(=O)N(C)Cc1cnn(C)c1. The van der Waals surface area contributed by atoms with Gasteiger partial charge in [0.05, 0.1) is 11.1 Å². The van der Waals surface area contributed by atoms with Gasteiger partial charge in [-0.05, 0) is 24.6 Å². The summed E-state index contributed by atoms with van der Waals surface area (Å²) in [5, 5.41) is 3.99. The first-order valence-electron chi connectivity index (χ1n) is 6.01. The number of hydrogen-bond donors (Lipinski definition) is 0. The maximum absolute atomic E-state index is 13.3. The Bertz CT molecular complexity index is 725. The minimum absolute atomic E-state index is 0.0103. The standard InChI is InChI=1S/C13H16FN3O2S/c1-10-4-5-12(14)6-13(10)20(18,19)17(3)9-11-7-15-16(2)8-11/h4-8H,9H2,1-3H3. The van der Waals surface area contributed by atoms with E-state index in [1.807, 2.05) is 0 Å². The highest BCUT2D eigenvalue weighted by atomic mass is 32.2. The molecule has 0 atom stereocenters. The van der Waals surface area contributed by atoms with Crippen LogP contribution in [0, 0.1) is 12.7 Å². The van der Waals surface area contributed by atoms with E-state index in [-0.39, 0.29) is 11.4 Å². The first-order chi connectivity index (χ1) is 9.30. The lowest BCUT2D eigenvalue weighted by atomic mass is 10.2. The molecule has 0 aliphatic carbocycles. The second-order valence-corrected chi connectivity index (χ2v) is 6.71. The molecule has 1 aromatic heterocycles. The van der Waals surface area contributed by atoms with Crippen molar-refractivity contribution in [1.82, 2.24) is 14.1 Å². The van der Waals surface area contributed by atoms with Crippen LogP contribution in [0.1, 0.15) is 11.1 Å². The summed E-state index contributed by atoms with van der Waals surface area (Å²) >= 11 is 0. The Morgan fingerprint density at radius 3 is 2.70 bits per heavy atom. The smallest absolute Gasteiger partial charge is 0.243 e. The van der Waals surface area contributed by atoms with Crippen LogP contribution in [-0.4, -0.2) is 29.6 Å². The van der Waals surface area contributed by atoms with Crippen molar-refractivity contribution >= 4 is 10.0 Å². The zero-order valence-electron chi connectivity index (χ0n) is 11.5. The Morgan fingerprint density at radius 2 is 2.10 bits per heavy atom. The third-order valence-electron chi connectivity index (χ3n) is 3.00. The molecule has 2 rings (SSSR count). The van der Waals surface area contributed by atoms with Crippen LogP contribution in [0.4, 0.5) is 4.39 Å². The van der Waals surface area contributed by atoms with Gasteiger partial charge in [0, 0.05) is 32.4 Å². The molecule has 0 amide bonds. The molecule has 0 spiro atoms. The second kappa shape index (κ2) is 5.34. The fourth-order valence-electron chi connectivity index (χ4n) is 1.92. The van der Waals surface area contributed by atoms with Gasteiger partial charge in [-0.3, -0.25) is 4.68 Å². The highest BCUT2D eigenvalue weighted by molar-refractivity contribution is 7.89. The molecule has 0 saturated carbocycles. The molecule has 0 aliphatic rings. The zero-order chi connectivity index (χ0) is 14.9. The Balaban J connectivity index is 2.32. The maximum Gasteiger partial charge on any atom is 0.243 e. The van der Waals surface area contributed by atoms with Gasteiger partial charge in [-0.2, -0.15) is 9.40 Å². The van der Waals surface area contributed by atoms with Gasteiger partial charge in [0.2, 0.25) is 10.0 Å². The van der Waals surface area contributed by atoms with Crippen LogP contribution >= 0.6 is 0 Å². The van der Waals surface area contributed by atoms with Gasteiger partial charge in [-0.15, -0.1) is 0 Å². The normalized spacial score (nSPS) is 12.1. The Hall–Kier alpha value is -1.73. The summed E-state index contributed by atoms with van der Waals surface area (Å²) in [4.78, 5) is -0.0103. The highest BCUT2D eigenvalue weighted by Crippen LogP contribution is 2.21. The van der Waals surface area contributed by atoms with Crippen LogP contribution in [0.3, 0.4) is 0 Å². The molecule has 2 aromatic rings. The summed E-state index contributed by atoms with van der Waals surface area (Å²) in [5.74, 6) is -0.566. The molecular weight excluding hydrogens is 281 g/mol. The van der Waals surface area contributed by atoms with E-state index in [1.165, 1.54) is 23.5 Å². The molecule has 5 nitrogen and oxygen atoms in total. The van der Waals surface area contributed by atoms with E-state index in [1.54, 1.807) is 31.0 Å². The van der Waals surface area contributed by atoms with E-state index >= 15 is 0 Å². The zero-order valence-corrected chi connectivity index (χ0v) is 12.4. The molecule has 0 fully saturated rings. The molecule has 108 valence electrons. The van der Waals surface area contributed by atoms with Crippen molar-refractivity contribution in [3.63, 3.8) is 0 Å². The van der Waals surface area contributed by atoms with Crippen LogP contribution < -0.4 is 0 Å². The van der Waals surface area contributed by atoms with Crippen LogP contribution in [0.25, 0.3) is 0 Å². The van der Waals surface area contributed by atoms with Crippen molar-refractivity contribution in [2.45, 2.75) is 18.4 Å². The number of hydrogen-bond acceptors (Lipinski definition) is 3. The van der Waals surface area contributed by atoms with Gasteiger partial charge >= 0.3 is 0 Å². The maximum atomic E-state index is 13.3. The van der Waals surface area contributed by atoms with Gasteiger partial charge in [-0.25, -0.2) is 12.8 Å². The van der Waals surface area contributed by atoms with Crippen molar-refractivity contribution in [3.8, 4) is 0 Å². The van der Waals surface area contributed by atoms with Gasteiger partial charge < -0.3 is 0 Å². The van der Waals surface area contributed by atoms with E-state index in [2.05, 4.69) is 5.10 Å². The summed E-state index contributed by atoms with van der Waals surface area (Å²) in [6.07, 6.45) is 3.34. The van der Waals surface area contributed by atoms with Crippen LogP contribution in [0.2, 0.25) is 0 Å². The number of halogens is 1. The summed E-state index contributed by atoms with van der Waals surface area (Å²) in [7, 11) is -0.501. The van der Waals surface area contributed by atoms with E-state index in [0.717, 1.165) is 11.6 Å². The molecule has 20 heavy (non-hydrogen) atoms. The molecule has 0 saturated heterocycles. The first-order valence-corrected chi connectivity index (χ1v) is 7.45. The number of sulfonamides is 1. The Morgan fingerprint density at radius 1 is 1.40 bits per heavy atom. The van der Waals surface area contributed by atoms with Crippen molar-refractivity contribution in [2.24, 2.45) is 7.05 Å². The van der Waals surface area contributed by atoms with Gasteiger partial charge in [0.15, 0.2) is 0 Å². The number of nitrogens with zero attached hydrogens (tertiary/aromatic N) is 3. The molecule has 0 N–H and O–H groups in total. The fourth-order valence-corrected chi connectivity index (χ4v) is 3.31. The topological polar surface area (TPSA) is 55.2 Å². The van der Waals surface area contributed by atoms with Crippen LogP contribution in [0.5, 0.6) is 0 Å². The largest absolute Gasteiger partial charge is 0.275 e. The third kappa shape index (κ3) is 2.88. The monoisotopic (exact) mass is 297 g/mol. The van der Waals surface area contributed by atoms with E-state index in [4.69, 9.17) is 0 Å². The predicted octanol–water partition coefficient (Wildman–Crippen LogP) is 1.69. The molecule has 0 radical (unpaired) electrons.